The maximum absolute atomic E-state index is 13.6. The predicted molar refractivity (Wildman–Crippen MR) is 111 cm³/mol. The highest BCUT2D eigenvalue weighted by atomic mass is 31.2. The topological polar surface area (TPSA) is 80.7 Å². The van der Waals surface area contributed by atoms with Gasteiger partial charge in [-0.3, -0.25) is 9.55 Å². The summed E-state index contributed by atoms with van der Waals surface area (Å²) in [5.41, 5.74) is 3.57. The number of phenolic OH excluding ortho intramolecular Hbond substituents is 1. The van der Waals surface area contributed by atoms with Crippen LogP contribution in [0.2, 0.25) is 0 Å². The van der Waals surface area contributed by atoms with E-state index in [-0.39, 0.29) is 11.2 Å². The fraction of sp³-hybridized carbons (Fsp3) is 0.476. The van der Waals surface area contributed by atoms with Gasteiger partial charge in [0.05, 0.1) is 24.6 Å². The minimum atomic E-state index is -3.39. The van der Waals surface area contributed by atoms with E-state index in [9.17, 15) is 9.67 Å². The molecule has 1 atom stereocenters. The molecule has 3 rings (SSSR count). The zero-order valence-electron chi connectivity index (χ0n) is 17.2. The number of hydrogen-bond acceptors (Lipinski definition) is 6. The summed E-state index contributed by atoms with van der Waals surface area (Å²) < 4.78 is 25.3. The van der Waals surface area contributed by atoms with E-state index in [1.54, 1.807) is 12.1 Å². The molecule has 0 spiro atoms. The van der Waals surface area contributed by atoms with Crippen molar-refractivity contribution >= 4 is 13.3 Å². The Kier molecular flexibility index (Phi) is 5.85. The van der Waals surface area contributed by atoms with E-state index in [2.05, 4.69) is 10.3 Å². The van der Waals surface area contributed by atoms with Crippen molar-refractivity contribution in [3.8, 4) is 5.75 Å². The van der Waals surface area contributed by atoms with E-state index in [0.29, 0.717) is 19.8 Å². The molecule has 1 aliphatic heterocycles. The third-order valence-electron chi connectivity index (χ3n) is 4.97. The largest absolute Gasteiger partial charge is 0.508 e. The van der Waals surface area contributed by atoms with Crippen LogP contribution in [0.1, 0.15) is 42.0 Å². The molecule has 0 bridgehead atoms. The number of anilines is 1. The molecular weight excluding hydrogens is 375 g/mol. The molecule has 2 N–H and O–H groups in total. The van der Waals surface area contributed by atoms with E-state index in [4.69, 9.17) is 9.05 Å². The minimum Gasteiger partial charge on any atom is -0.508 e. The van der Waals surface area contributed by atoms with Gasteiger partial charge >= 0.3 is 7.60 Å². The van der Waals surface area contributed by atoms with Crippen LogP contribution >= 0.6 is 7.60 Å². The van der Waals surface area contributed by atoms with E-state index >= 15 is 0 Å². The van der Waals surface area contributed by atoms with Crippen molar-refractivity contribution in [3.05, 3.63) is 52.8 Å². The van der Waals surface area contributed by atoms with Crippen LogP contribution in [0.5, 0.6) is 5.75 Å². The van der Waals surface area contributed by atoms with Gasteiger partial charge in [0, 0.05) is 17.7 Å². The average molecular weight is 404 g/mol. The Bertz CT molecular complexity index is 899. The van der Waals surface area contributed by atoms with Crippen molar-refractivity contribution in [3.63, 3.8) is 0 Å². The first-order valence-electron chi connectivity index (χ1n) is 9.46. The van der Waals surface area contributed by atoms with Gasteiger partial charge in [-0.1, -0.05) is 26.0 Å². The van der Waals surface area contributed by atoms with Gasteiger partial charge in [0.25, 0.3) is 0 Å². The van der Waals surface area contributed by atoms with Crippen molar-refractivity contribution in [1.82, 2.24) is 4.98 Å². The summed E-state index contributed by atoms with van der Waals surface area (Å²) in [6.07, 6.45) is 0. The number of rotatable bonds is 5. The number of aromatic nitrogens is 1. The molecule has 1 aromatic heterocycles. The van der Waals surface area contributed by atoms with Crippen LogP contribution in [0.25, 0.3) is 0 Å². The number of phenols is 1. The van der Waals surface area contributed by atoms with Gasteiger partial charge in [0.1, 0.15) is 11.4 Å². The molecule has 1 unspecified atom stereocenters. The standard InChI is InChI=1S/C21H29N2O4P/c1-14-10-17(7-9-19(14)24)20(28(25)26-12-21(4,5)13-27-28)11-22-18-8-6-15(2)23-16(18)3/h6-10,20,22,24H,11-13H2,1-5H3. The highest BCUT2D eigenvalue weighted by Crippen LogP contribution is 2.64. The number of nitrogens with one attached hydrogen (secondary N) is 1. The summed E-state index contributed by atoms with van der Waals surface area (Å²) in [4.78, 5) is 4.47. The van der Waals surface area contributed by atoms with Gasteiger partial charge in [-0.15, -0.1) is 0 Å². The summed E-state index contributed by atoms with van der Waals surface area (Å²) in [6, 6.07) is 9.15. The van der Waals surface area contributed by atoms with Gasteiger partial charge in [0.2, 0.25) is 0 Å². The fourth-order valence-electron chi connectivity index (χ4n) is 3.17. The summed E-state index contributed by atoms with van der Waals surface area (Å²) in [6.45, 7) is 10.9. The summed E-state index contributed by atoms with van der Waals surface area (Å²) in [5.74, 6) is 0.207. The lowest BCUT2D eigenvalue weighted by molar-refractivity contribution is 0.0382. The first-order chi connectivity index (χ1) is 13.1. The van der Waals surface area contributed by atoms with E-state index in [1.807, 2.05) is 52.8 Å². The molecule has 6 nitrogen and oxygen atoms in total. The molecular formula is C21H29N2O4P. The van der Waals surface area contributed by atoms with Gasteiger partial charge in [-0.2, -0.15) is 0 Å². The highest BCUT2D eigenvalue weighted by molar-refractivity contribution is 7.54. The minimum absolute atomic E-state index is 0.172. The van der Waals surface area contributed by atoms with Crippen molar-refractivity contribution < 1.29 is 18.7 Å². The molecule has 1 aromatic carbocycles. The normalized spacial score (nSPS) is 19.2. The first kappa shape index (κ1) is 20.8. The molecule has 0 saturated carbocycles. The van der Waals surface area contributed by atoms with Crippen LogP contribution in [0.4, 0.5) is 5.69 Å². The molecule has 28 heavy (non-hydrogen) atoms. The Morgan fingerprint density at radius 1 is 1.18 bits per heavy atom. The van der Waals surface area contributed by atoms with E-state index in [0.717, 1.165) is 28.2 Å². The molecule has 0 amide bonds. The lowest BCUT2D eigenvalue weighted by Gasteiger charge is -2.37. The van der Waals surface area contributed by atoms with Crippen molar-refractivity contribution in [2.24, 2.45) is 5.41 Å². The van der Waals surface area contributed by atoms with Crippen molar-refractivity contribution in [2.75, 3.05) is 25.1 Å². The highest BCUT2D eigenvalue weighted by Gasteiger charge is 2.43. The molecule has 2 aromatic rings. The summed E-state index contributed by atoms with van der Waals surface area (Å²) in [5, 5.41) is 13.2. The van der Waals surface area contributed by atoms with Crippen LogP contribution in [-0.2, 0) is 13.6 Å². The smallest absolute Gasteiger partial charge is 0.339 e. The second kappa shape index (κ2) is 7.86. The number of nitrogens with zero attached hydrogens (tertiary/aromatic N) is 1. The molecule has 7 heteroatoms. The lowest BCUT2D eigenvalue weighted by Crippen LogP contribution is -2.31. The zero-order chi connectivity index (χ0) is 20.5. The van der Waals surface area contributed by atoms with Crippen LogP contribution in [0.15, 0.2) is 30.3 Å². The molecule has 0 aliphatic carbocycles. The quantitative estimate of drug-likeness (QED) is 0.673. The van der Waals surface area contributed by atoms with E-state index in [1.165, 1.54) is 0 Å². The zero-order valence-corrected chi connectivity index (χ0v) is 18.0. The third kappa shape index (κ3) is 4.57. The van der Waals surface area contributed by atoms with Gasteiger partial charge in [-0.25, -0.2) is 0 Å². The summed E-state index contributed by atoms with van der Waals surface area (Å²) >= 11 is 0. The number of hydrogen-bond donors (Lipinski definition) is 2. The number of aryl methyl sites for hydroxylation is 3. The molecule has 0 radical (unpaired) electrons. The monoisotopic (exact) mass is 404 g/mol. The number of aromatic hydroxyl groups is 1. The Hall–Kier alpha value is -1.88. The maximum Gasteiger partial charge on any atom is 0.339 e. The number of benzene rings is 1. The fourth-order valence-corrected chi connectivity index (χ4v) is 5.50. The third-order valence-corrected chi connectivity index (χ3v) is 7.19. The predicted octanol–water partition coefficient (Wildman–Crippen LogP) is 5.13. The van der Waals surface area contributed by atoms with Crippen molar-refractivity contribution in [2.45, 2.75) is 40.3 Å². The Labute approximate surface area is 166 Å². The Morgan fingerprint density at radius 3 is 2.46 bits per heavy atom. The van der Waals surface area contributed by atoms with Crippen LogP contribution in [0, 0.1) is 26.2 Å². The molecule has 1 saturated heterocycles. The van der Waals surface area contributed by atoms with Crippen LogP contribution < -0.4 is 5.32 Å². The average Bonchev–Trinajstić information content (AvgIpc) is 2.63. The van der Waals surface area contributed by atoms with Gasteiger partial charge in [0.15, 0.2) is 0 Å². The molecule has 1 aliphatic rings. The second-order valence-electron chi connectivity index (χ2n) is 8.28. The summed E-state index contributed by atoms with van der Waals surface area (Å²) in [7, 11) is -3.39. The van der Waals surface area contributed by atoms with E-state index < -0.39 is 13.3 Å². The van der Waals surface area contributed by atoms with Crippen LogP contribution in [0.3, 0.4) is 0 Å². The van der Waals surface area contributed by atoms with Crippen molar-refractivity contribution in [1.29, 1.82) is 0 Å². The molecule has 1 fully saturated rings. The lowest BCUT2D eigenvalue weighted by atomic mass is 9.97. The first-order valence-corrected chi connectivity index (χ1v) is 11.1. The van der Waals surface area contributed by atoms with Gasteiger partial charge < -0.3 is 19.5 Å². The Morgan fingerprint density at radius 2 is 1.86 bits per heavy atom. The maximum atomic E-state index is 13.6. The Balaban J connectivity index is 1.90. The number of pyridine rings is 1. The second-order valence-corrected chi connectivity index (χ2v) is 10.5. The molecule has 2 heterocycles. The van der Waals surface area contributed by atoms with Gasteiger partial charge in [-0.05, 0) is 50.1 Å². The van der Waals surface area contributed by atoms with Crippen LogP contribution in [-0.4, -0.2) is 29.8 Å². The molecule has 152 valence electrons. The SMILES string of the molecule is Cc1ccc(NCC(c2ccc(O)c(C)c2)P2(=O)OCC(C)(C)CO2)c(C)n1.